The number of rotatable bonds is 3. The lowest BCUT2D eigenvalue weighted by molar-refractivity contribution is 0.414. The molecule has 0 radical (unpaired) electrons. The molecule has 1 aromatic carbocycles. The highest BCUT2D eigenvalue weighted by Gasteiger charge is 2.10. The molecule has 0 saturated carbocycles. The molecule has 0 amide bonds. The van der Waals surface area contributed by atoms with Crippen molar-refractivity contribution in [1.29, 1.82) is 5.41 Å². The fourth-order valence-corrected chi connectivity index (χ4v) is 1.50. The van der Waals surface area contributed by atoms with E-state index < -0.39 is 0 Å². The Kier molecular flexibility index (Phi) is 3.12. The number of benzene rings is 1. The maximum atomic E-state index is 7.67. The zero-order chi connectivity index (χ0) is 10.7. The third-order valence-electron chi connectivity index (χ3n) is 2.11. The van der Waals surface area contributed by atoms with E-state index >= 15 is 0 Å². The highest BCUT2D eigenvalue weighted by molar-refractivity contribution is 6.04. The number of hydrogen-bond donors (Lipinski definition) is 2. The molecule has 3 heteroatoms. The Balaban J connectivity index is 3.40. The van der Waals surface area contributed by atoms with Gasteiger partial charge in [-0.2, -0.15) is 0 Å². The van der Waals surface area contributed by atoms with Crippen LogP contribution in [0.15, 0.2) is 12.1 Å². The summed E-state index contributed by atoms with van der Waals surface area (Å²) in [7, 11) is 3.47. The van der Waals surface area contributed by atoms with E-state index in [1.165, 1.54) is 0 Å². The van der Waals surface area contributed by atoms with E-state index in [2.05, 4.69) is 5.32 Å². The van der Waals surface area contributed by atoms with Crippen molar-refractivity contribution in [1.82, 2.24) is 0 Å². The average molecular weight is 192 g/mol. The number of nitrogens with one attached hydrogen (secondary N) is 2. The van der Waals surface area contributed by atoms with E-state index in [0.29, 0.717) is 5.71 Å². The van der Waals surface area contributed by atoms with Crippen molar-refractivity contribution in [3.8, 4) is 5.75 Å². The maximum Gasteiger partial charge on any atom is 0.130 e. The van der Waals surface area contributed by atoms with Gasteiger partial charge in [0.05, 0.1) is 12.7 Å². The van der Waals surface area contributed by atoms with Gasteiger partial charge >= 0.3 is 0 Å². The molecule has 0 atom stereocenters. The van der Waals surface area contributed by atoms with Crippen LogP contribution in [0.1, 0.15) is 18.1 Å². The molecule has 0 spiro atoms. The third-order valence-corrected chi connectivity index (χ3v) is 2.11. The van der Waals surface area contributed by atoms with Crippen molar-refractivity contribution >= 4 is 11.4 Å². The molecular formula is C11H16N2O. The van der Waals surface area contributed by atoms with Crippen LogP contribution in [0.5, 0.6) is 5.75 Å². The van der Waals surface area contributed by atoms with E-state index in [-0.39, 0.29) is 0 Å². The van der Waals surface area contributed by atoms with Crippen LogP contribution in [0.2, 0.25) is 0 Å². The quantitative estimate of drug-likeness (QED) is 0.722. The van der Waals surface area contributed by atoms with Gasteiger partial charge in [-0.05, 0) is 31.5 Å². The molecule has 14 heavy (non-hydrogen) atoms. The Labute approximate surface area is 84.6 Å². The van der Waals surface area contributed by atoms with Crippen molar-refractivity contribution in [3.05, 3.63) is 23.3 Å². The zero-order valence-electron chi connectivity index (χ0n) is 9.06. The molecule has 3 nitrogen and oxygen atoms in total. The molecule has 0 aromatic heterocycles. The van der Waals surface area contributed by atoms with Crippen LogP contribution < -0.4 is 10.1 Å². The predicted octanol–water partition coefficient (Wildman–Crippen LogP) is 2.43. The summed E-state index contributed by atoms with van der Waals surface area (Å²) in [6.45, 7) is 3.76. The lowest BCUT2D eigenvalue weighted by atomic mass is 10.0. The lowest BCUT2D eigenvalue weighted by Gasteiger charge is -2.13. The highest BCUT2D eigenvalue weighted by atomic mass is 16.5. The zero-order valence-corrected chi connectivity index (χ0v) is 9.06. The lowest BCUT2D eigenvalue weighted by Crippen LogP contribution is -2.04. The first-order valence-corrected chi connectivity index (χ1v) is 4.52. The molecule has 0 aliphatic carbocycles. The van der Waals surface area contributed by atoms with Crippen molar-refractivity contribution in [2.45, 2.75) is 13.8 Å². The normalized spacial score (nSPS) is 9.71. The number of hydrogen-bond acceptors (Lipinski definition) is 3. The van der Waals surface area contributed by atoms with E-state index in [0.717, 1.165) is 22.6 Å². The van der Waals surface area contributed by atoms with Gasteiger partial charge in [-0.3, -0.25) is 0 Å². The standard InChI is InChI=1S/C11H16N2O/c1-7-5-9(13-3)11(8(2)12)10(6-7)14-4/h5-6,12-13H,1-4H3. The van der Waals surface area contributed by atoms with Gasteiger partial charge in [0.25, 0.3) is 0 Å². The minimum atomic E-state index is 0.506. The molecule has 2 N–H and O–H groups in total. The molecule has 0 aliphatic heterocycles. The monoisotopic (exact) mass is 192 g/mol. The molecular weight excluding hydrogens is 176 g/mol. The van der Waals surface area contributed by atoms with Crippen LogP contribution >= 0.6 is 0 Å². The second-order valence-corrected chi connectivity index (χ2v) is 3.26. The first-order valence-electron chi connectivity index (χ1n) is 4.52. The van der Waals surface area contributed by atoms with Crippen LogP contribution in [-0.2, 0) is 0 Å². The van der Waals surface area contributed by atoms with Crippen LogP contribution in [0, 0.1) is 12.3 Å². The van der Waals surface area contributed by atoms with Gasteiger partial charge in [0, 0.05) is 18.4 Å². The molecule has 1 aromatic rings. The van der Waals surface area contributed by atoms with E-state index in [4.69, 9.17) is 10.1 Å². The summed E-state index contributed by atoms with van der Waals surface area (Å²) in [6.07, 6.45) is 0. The fourth-order valence-electron chi connectivity index (χ4n) is 1.50. The molecule has 0 heterocycles. The highest BCUT2D eigenvalue weighted by Crippen LogP contribution is 2.28. The number of anilines is 1. The number of aryl methyl sites for hydroxylation is 1. The van der Waals surface area contributed by atoms with Crippen LogP contribution in [0.3, 0.4) is 0 Å². The van der Waals surface area contributed by atoms with Crippen LogP contribution in [0.25, 0.3) is 0 Å². The third kappa shape index (κ3) is 1.87. The summed E-state index contributed by atoms with van der Waals surface area (Å²) in [4.78, 5) is 0. The van der Waals surface area contributed by atoms with E-state index in [1.807, 2.05) is 26.1 Å². The first kappa shape index (κ1) is 10.6. The van der Waals surface area contributed by atoms with Crippen molar-refractivity contribution in [3.63, 3.8) is 0 Å². The molecule has 1 rings (SSSR count). The van der Waals surface area contributed by atoms with Gasteiger partial charge in [-0.15, -0.1) is 0 Å². The van der Waals surface area contributed by atoms with E-state index in [9.17, 15) is 0 Å². The Morgan fingerprint density at radius 3 is 2.50 bits per heavy atom. The Bertz CT molecular complexity index is 333. The summed E-state index contributed by atoms with van der Waals surface area (Å²) < 4.78 is 5.25. The summed E-state index contributed by atoms with van der Waals surface area (Å²) in [5.41, 5.74) is 3.40. The summed E-state index contributed by atoms with van der Waals surface area (Å²) in [5.74, 6) is 0.752. The molecule has 0 fully saturated rings. The molecule has 0 aliphatic rings. The van der Waals surface area contributed by atoms with Gasteiger partial charge in [-0.1, -0.05) is 0 Å². The first-order chi connectivity index (χ1) is 6.60. The Morgan fingerprint density at radius 2 is 2.07 bits per heavy atom. The van der Waals surface area contributed by atoms with Gasteiger partial charge in [0.1, 0.15) is 5.75 Å². The van der Waals surface area contributed by atoms with Gasteiger partial charge in [-0.25, -0.2) is 0 Å². The van der Waals surface area contributed by atoms with Gasteiger partial charge in [0.15, 0.2) is 0 Å². The summed E-state index contributed by atoms with van der Waals surface area (Å²) in [6, 6.07) is 3.95. The van der Waals surface area contributed by atoms with E-state index in [1.54, 1.807) is 14.0 Å². The number of ether oxygens (including phenoxy) is 1. The predicted molar refractivity (Wildman–Crippen MR) is 59.8 cm³/mol. The molecule has 76 valence electrons. The minimum absolute atomic E-state index is 0.506. The van der Waals surface area contributed by atoms with Crippen LogP contribution in [-0.4, -0.2) is 19.9 Å². The van der Waals surface area contributed by atoms with Gasteiger partial charge < -0.3 is 15.5 Å². The molecule has 0 unspecified atom stereocenters. The number of methoxy groups -OCH3 is 1. The summed E-state index contributed by atoms with van der Waals surface area (Å²) in [5, 5.41) is 10.7. The second-order valence-electron chi connectivity index (χ2n) is 3.26. The summed E-state index contributed by atoms with van der Waals surface area (Å²) >= 11 is 0. The average Bonchev–Trinajstić information content (AvgIpc) is 2.15. The van der Waals surface area contributed by atoms with Gasteiger partial charge in [0.2, 0.25) is 0 Å². The molecule has 0 saturated heterocycles. The van der Waals surface area contributed by atoms with Crippen molar-refractivity contribution < 1.29 is 4.74 Å². The van der Waals surface area contributed by atoms with Crippen molar-refractivity contribution in [2.24, 2.45) is 0 Å². The Morgan fingerprint density at radius 1 is 1.43 bits per heavy atom. The van der Waals surface area contributed by atoms with Crippen LogP contribution in [0.4, 0.5) is 5.69 Å². The Hall–Kier alpha value is -1.51. The molecule has 0 bridgehead atoms. The topological polar surface area (TPSA) is 45.1 Å². The largest absolute Gasteiger partial charge is 0.496 e. The smallest absolute Gasteiger partial charge is 0.130 e. The second kappa shape index (κ2) is 4.13. The maximum absolute atomic E-state index is 7.67. The minimum Gasteiger partial charge on any atom is -0.496 e. The fraction of sp³-hybridized carbons (Fsp3) is 0.364. The SMILES string of the molecule is CNc1cc(C)cc(OC)c1C(C)=N. The van der Waals surface area contributed by atoms with Crippen molar-refractivity contribution in [2.75, 3.05) is 19.5 Å².